The molecular weight excluding hydrogens is 264 g/mol. The summed E-state index contributed by atoms with van der Waals surface area (Å²) < 4.78 is 23.5. The Bertz CT molecular complexity index is 439. The highest BCUT2D eigenvalue weighted by molar-refractivity contribution is 7.94. The van der Waals surface area contributed by atoms with Crippen molar-refractivity contribution in [3.63, 3.8) is 0 Å². The van der Waals surface area contributed by atoms with E-state index in [1.54, 1.807) is 0 Å². The van der Waals surface area contributed by atoms with E-state index in [-0.39, 0.29) is 12.5 Å². The number of carbonyl (C=O) groups is 1. The van der Waals surface area contributed by atoms with Gasteiger partial charge < -0.3 is 5.32 Å². The van der Waals surface area contributed by atoms with Gasteiger partial charge in [-0.2, -0.15) is 0 Å². The van der Waals surface area contributed by atoms with Crippen LogP contribution >= 0.6 is 0 Å². The lowest BCUT2D eigenvalue weighted by molar-refractivity contribution is -0.132. The Hall–Kier alpha value is -0.620. The maximum atomic E-state index is 11.9. The first-order valence-corrected chi connectivity index (χ1v) is 8.59. The lowest BCUT2D eigenvalue weighted by atomic mass is 9.89. The van der Waals surface area contributed by atoms with Crippen molar-refractivity contribution >= 4 is 15.9 Å². The average Bonchev–Trinajstić information content (AvgIpc) is 2.38. The van der Waals surface area contributed by atoms with Crippen molar-refractivity contribution in [2.75, 3.05) is 19.6 Å². The Morgan fingerprint density at radius 3 is 2.47 bits per heavy atom. The number of hydrogen-bond donors (Lipinski definition) is 1. The van der Waals surface area contributed by atoms with Crippen LogP contribution in [0.15, 0.2) is 0 Å². The normalized spacial score (nSPS) is 26.2. The molecule has 6 heteroatoms. The molecule has 1 aliphatic carbocycles. The molecule has 1 saturated heterocycles. The van der Waals surface area contributed by atoms with Gasteiger partial charge in [-0.1, -0.05) is 19.3 Å². The smallest absolute Gasteiger partial charge is 0.258 e. The summed E-state index contributed by atoms with van der Waals surface area (Å²) in [5.74, 6) is 0.431. The van der Waals surface area contributed by atoms with E-state index in [2.05, 4.69) is 5.32 Å². The van der Waals surface area contributed by atoms with Gasteiger partial charge in [-0.15, -0.1) is 0 Å². The topological polar surface area (TPSA) is 66.5 Å². The van der Waals surface area contributed by atoms with Crippen molar-refractivity contribution < 1.29 is 13.2 Å². The quantitative estimate of drug-likeness (QED) is 0.770. The van der Waals surface area contributed by atoms with Crippen molar-refractivity contribution in [1.82, 2.24) is 9.62 Å². The molecule has 1 N–H and O–H groups in total. The van der Waals surface area contributed by atoms with Crippen LogP contribution in [0.3, 0.4) is 0 Å². The van der Waals surface area contributed by atoms with E-state index in [1.807, 2.05) is 0 Å². The minimum Gasteiger partial charge on any atom is -0.315 e. The molecule has 1 amide bonds. The molecule has 0 bridgehead atoms. The van der Waals surface area contributed by atoms with Gasteiger partial charge in [0.2, 0.25) is 0 Å². The van der Waals surface area contributed by atoms with Crippen LogP contribution in [-0.2, 0) is 14.8 Å². The van der Waals surface area contributed by atoms with Gasteiger partial charge in [0.15, 0.2) is 4.75 Å². The number of nitrogens with zero attached hydrogens (tertiary/aromatic N) is 1. The molecule has 0 atom stereocenters. The van der Waals surface area contributed by atoms with Gasteiger partial charge in [-0.05, 0) is 39.2 Å². The molecule has 0 aromatic rings. The van der Waals surface area contributed by atoms with Gasteiger partial charge in [0, 0.05) is 13.1 Å². The third-order valence-electron chi connectivity index (χ3n) is 4.33. The molecule has 0 aromatic heterocycles. The van der Waals surface area contributed by atoms with Crippen molar-refractivity contribution in [3.05, 3.63) is 0 Å². The molecule has 110 valence electrons. The Labute approximate surface area is 115 Å². The van der Waals surface area contributed by atoms with Crippen LogP contribution in [0.4, 0.5) is 0 Å². The molecular formula is C13H24N2O3S. The van der Waals surface area contributed by atoms with Crippen LogP contribution in [0.5, 0.6) is 0 Å². The van der Waals surface area contributed by atoms with E-state index in [0.29, 0.717) is 12.5 Å². The van der Waals surface area contributed by atoms with E-state index in [0.717, 1.165) is 10.8 Å². The minimum absolute atomic E-state index is 0.261. The fourth-order valence-electron chi connectivity index (χ4n) is 2.86. The standard InChI is InChI=1S/C13H24N2O3S/c1-13(2)12(16)15(19(13,17)18)9-8-14-10-11-6-4-3-5-7-11/h11,14H,3-10H2,1-2H3. The summed E-state index contributed by atoms with van der Waals surface area (Å²) in [7, 11) is -3.41. The van der Waals surface area contributed by atoms with Gasteiger partial charge in [-0.3, -0.25) is 4.79 Å². The number of amides is 1. The molecule has 2 rings (SSSR count). The maximum Gasteiger partial charge on any atom is 0.258 e. The predicted molar refractivity (Wildman–Crippen MR) is 74.2 cm³/mol. The molecule has 0 radical (unpaired) electrons. The number of sulfonamides is 1. The minimum atomic E-state index is -3.41. The van der Waals surface area contributed by atoms with Gasteiger partial charge in [0.05, 0.1) is 0 Å². The van der Waals surface area contributed by atoms with Gasteiger partial charge in [-0.25, -0.2) is 12.7 Å². The lowest BCUT2D eigenvalue weighted by Gasteiger charge is -2.43. The summed E-state index contributed by atoms with van der Waals surface area (Å²) in [4.78, 5) is 11.7. The fraction of sp³-hybridized carbons (Fsp3) is 0.923. The van der Waals surface area contributed by atoms with E-state index < -0.39 is 14.8 Å². The zero-order valence-electron chi connectivity index (χ0n) is 11.8. The van der Waals surface area contributed by atoms with Crippen LogP contribution in [0.1, 0.15) is 46.0 Å². The Balaban J connectivity index is 1.71. The summed E-state index contributed by atoms with van der Waals surface area (Å²) in [6.45, 7) is 4.69. The first-order valence-electron chi connectivity index (χ1n) is 7.15. The first-order chi connectivity index (χ1) is 8.87. The molecule has 0 spiro atoms. The highest BCUT2D eigenvalue weighted by Gasteiger charge is 2.59. The second-order valence-electron chi connectivity index (χ2n) is 6.10. The monoisotopic (exact) mass is 288 g/mol. The Morgan fingerprint density at radius 2 is 1.89 bits per heavy atom. The van der Waals surface area contributed by atoms with Crippen LogP contribution in [0.25, 0.3) is 0 Å². The molecule has 5 nitrogen and oxygen atoms in total. The SMILES string of the molecule is CC1(C)C(=O)N(CCNCC2CCCCC2)S1(=O)=O. The Morgan fingerprint density at radius 1 is 1.26 bits per heavy atom. The molecule has 0 unspecified atom stereocenters. The molecule has 2 fully saturated rings. The summed E-state index contributed by atoms with van der Waals surface area (Å²) >= 11 is 0. The van der Waals surface area contributed by atoms with Crippen LogP contribution in [0, 0.1) is 5.92 Å². The zero-order valence-corrected chi connectivity index (χ0v) is 12.6. The number of nitrogens with one attached hydrogen (secondary N) is 1. The van der Waals surface area contributed by atoms with Crippen LogP contribution in [-0.4, -0.2) is 43.0 Å². The molecule has 19 heavy (non-hydrogen) atoms. The number of carbonyl (C=O) groups excluding carboxylic acids is 1. The second kappa shape index (κ2) is 5.40. The van der Waals surface area contributed by atoms with Crippen molar-refractivity contribution in [3.8, 4) is 0 Å². The highest BCUT2D eigenvalue weighted by Crippen LogP contribution is 2.34. The van der Waals surface area contributed by atoms with E-state index >= 15 is 0 Å². The van der Waals surface area contributed by atoms with Gasteiger partial charge in [0.1, 0.15) is 0 Å². The molecule has 0 aromatic carbocycles. The largest absolute Gasteiger partial charge is 0.315 e. The Kier molecular flexibility index (Phi) is 4.20. The molecule has 1 heterocycles. The summed E-state index contributed by atoms with van der Waals surface area (Å²) in [5, 5.41) is 3.28. The summed E-state index contributed by atoms with van der Waals surface area (Å²) in [6, 6.07) is 0. The predicted octanol–water partition coefficient (Wildman–Crippen LogP) is 1.11. The highest BCUT2D eigenvalue weighted by atomic mass is 32.2. The molecule has 1 saturated carbocycles. The zero-order chi connectivity index (χ0) is 14.1. The van der Waals surface area contributed by atoms with E-state index in [4.69, 9.17) is 0 Å². The van der Waals surface area contributed by atoms with Crippen LogP contribution in [0.2, 0.25) is 0 Å². The summed E-state index contributed by atoms with van der Waals surface area (Å²) in [5.41, 5.74) is 0. The average molecular weight is 288 g/mol. The van der Waals surface area contributed by atoms with E-state index in [1.165, 1.54) is 46.0 Å². The van der Waals surface area contributed by atoms with Crippen molar-refractivity contribution in [2.24, 2.45) is 5.92 Å². The first kappa shape index (κ1) is 14.8. The fourth-order valence-corrected chi connectivity index (χ4v) is 4.38. The number of rotatable bonds is 5. The van der Waals surface area contributed by atoms with Crippen molar-refractivity contribution in [1.29, 1.82) is 0 Å². The van der Waals surface area contributed by atoms with Gasteiger partial charge >= 0.3 is 0 Å². The van der Waals surface area contributed by atoms with E-state index in [9.17, 15) is 13.2 Å². The lowest BCUT2D eigenvalue weighted by Crippen LogP contribution is -2.68. The molecule has 2 aliphatic rings. The van der Waals surface area contributed by atoms with Gasteiger partial charge in [0.25, 0.3) is 15.9 Å². The third-order valence-corrected chi connectivity index (χ3v) is 6.72. The number of hydrogen-bond acceptors (Lipinski definition) is 4. The molecule has 1 aliphatic heterocycles. The summed E-state index contributed by atoms with van der Waals surface area (Å²) in [6.07, 6.45) is 6.48. The second-order valence-corrected chi connectivity index (χ2v) is 8.51. The third kappa shape index (κ3) is 2.65. The van der Waals surface area contributed by atoms with Crippen LogP contribution < -0.4 is 5.32 Å². The van der Waals surface area contributed by atoms with Crippen molar-refractivity contribution in [2.45, 2.75) is 50.7 Å². The maximum absolute atomic E-state index is 11.9.